The maximum atomic E-state index is 5.37. The van der Waals surface area contributed by atoms with Gasteiger partial charge in [-0.1, -0.05) is 15.9 Å². The van der Waals surface area contributed by atoms with Crippen molar-refractivity contribution in [3.63, 3.8) is 0 Å². The van der Waals surface area contributed by atoms with Gasteiger partial charge < -0.3 is 9.47 Å². The Kier molecular flexibility index (Phi) is 0.770. The number of halogens is 1. The lowest BCUT2D eigenvalue weighted by Gasteiger charge is -2.05. The summed E-state index contributed by atoms with van der Waals surface area (Å²) in [6.07, 6.45) is 3.08. The lowest BCUT2D eigenvalue weighted by molar-refractivity contribution is 0.293. The minimum absolute atomic E-state index is 0.452. The van der Waals surface area contributed by atoms with E-state index in [1.165, 1.54) is 0 Å². The van der Waals surface area contributed by atoms with E-state index in [1.807, 2.05) is 0 Å². The van der Waals surface area contributed by atoms with Crippen molar-refractivity contribution in [2.75, 3.05) is 0 Å². The van der Waals surface area contributed by atoms with Crippen molar-refractivity contribution in [2.24, 2.45) is 0 Å². The first-order chi connectivity index (χ1) is 4.36. The predicted octanol–water partition coefficient (Wildman–Crippen LogP) is 0.688. The molecule has 0 N–H and O–H groups in total. The van der Waals surface area contributed by atoms with Crippen LogP contribution in [-0.2, 0) is 9.47 Å². The normalized spacial score (nSPS) is 68.3. The van der Waals surface area contributed by atoms with Crippen molar-refractivity contribution in [2.45, 2.75) is 35.7 Å². The van der Waals surface area contributed by atoms with Gasteiger partial charge in [-0.3, -0.25) is 0 Å². The summed E-state index contributed by atoms with van der Waals surface area (Å²) in [5.74, 6) is 0. The molecule has 2 nitrogen and oxygen atoms in total. The van der Waals surface area contributed by atoms with Gasteiger partial charge in [0.05, 0.1) is 12.2 Å². The van der Waals surface area contributed by atoms with Gasteiger partial charge >= 0.3 is 0 Å². The summed E-state index contributed by atoms with van der Waals surface area (Å²) in [6, 6.07) is 0. The van der Waals surface area contributed by atoms with Crippen LogP contribution >= 0.6 is 15.9 Å². The smallest absolute Gasteiger partial charge is 0.114 e. The Bertz CT molecular complexity index is 156. The molecule has 3 aliphatic rings. The van der Waals surface area contributed by atoms with Gasteiger partial charge in [0, 0.05) is 4.83 Å². The number of fused-ring (bicyclic) bond motifs is 3. The second kappa shape index (κ2) is 1.36. The van der Waals surface area contributed by atoms with Gasteiger partial charge in [-0.05, 0) is 6.42 Å². The van der Waals surface area contributed by atoms with Crippen LogP contribution in [0.4, 0.5) is 0 Å². The third-order valence-corrected chi connectivity index (χ3v) is 3.22. The molecule has 5 unspecified atom stereocenters. The zero-order chi connectivity index (χ0) is 6.01. The average Bonchev–Trinajstić information content (AvgIpc) is 2.54. The van der Waals surface area contributed by atoms with E-state index < -0.39 is 0 Å². The van der Waals surface area contributed by atoms with Gasteiger partial charge in [-0.15, -0.1) is 0 Å². The molecule has 0 bridgehead atoms. The molecule has 0 spiro atoms. The highest BCUT2D eigenvalue weighted by Crippen LogP contribution is 2.50. The molecule has 1 aliphatic carbocycles. The summed E-state index contributed by atoms with van der Waals surface area (Å²) in [5.41, 5.74) is 0. The van der Waals surface area contributed by atoms with E-state index in [1.54, 1.807) is 0 Å². The second-order valence-electron chi connectivity index (χ2n) is 2.96. The summed E-state index contributed by atoms with van der Waals surface area (Å²) in [7, 11) is 0. The predicted molar refractivity (Wildman–Crippen MR) is 34.7 cm³/mol. The molecule has 5 atom stereocenters. The molecule has 0 radical (unpaired) electrons. The number of alkyl halides is 1. The molecule has 2 saturated heterocycles. The molecule has 3 rings (SSSR count). The first-order valence-corrected chi connectivity index (χ1v) is 4.23. The van der Waals surface area contributed by atoms with Gasteiger partial charge in [-0.2, -0.15) is 0 Å². The molecule has 3 heteroatoms. The van der Waals surface area contributed by atoms with Crippen molar-refractivity contribution in [1.29, 1.82) is 0 Å². The van der Waals surface area contributed by atoms with Gasteiger partial charge in [-0.25, -0.2) is 0 Å². The Balaban J connectivity index is 1.87. The zero-order valence-corrected chi connectivity index (χ0v) is 6.37. The molecular weight excluding hydrogens is 184 g/mol. The Morgan fingerprint density at radius 3 is 2.89 bits per heavy atom. The maximum Gasteiger partial charge on any atom is 0.114 e. The third kappa shape index (κ3) is 0.578. The summed E-state index contributed by atoms with van der Waals surface area (Å²) >= 11 is 3.56. The molecule has 9 heavy (non-hydrogen) atoms. The SMILES string of the molecule is BrC1CC2OC2C2OC12. The highest BCUT2D eigenvalue weighted by Gasteiger charge is 2.64. The van der Waals surface area contributed by atoms with Crippen LogP contribution in [-0.4, -0.2) is 29.2 Å². The third-order valence-electron chi connectivity index (χ3n) is 2.32. The van der Waals surface area contributed by atoms with Gasteiger partial charge in [0.25, 0.3) is 0 Å². The van der Waals surface area contributed by atoms with Gasteiger partial charge in [0.1, 0.15) is 12.2 Å². The first-order valence-electron chi connectivity index (χ1n) is 3.31. The maximum absolute atomic E-state index is 5.37. The number of epoxide rings is 2. The largest absolute Gasteiger partial charge is 0.367 e. The van der Waals surface area contributed by atoms with Crippen LogP contribution in [0, 0.1) is 0 Å². The first kappa shape index (κ1) is 5.10. The van der Waals surface area contributed by atoms with Crippen LogP contribution in [0.2, 0.25) is 0 Å². The molecular formula is C6H7BrO2. The van der Waals surface area contributed by atoms with Crippen molar-refractivity contribution in [1.82, 2.24) is 0 Å². The molecule has 0 amide bonds. The summed E-state index contributed by atoms with van der Waals surface area (Å²) in [5, 5.41) is 0. The highest BCUT2D eigenvalue weighted by atomic mass is 79.9. The molecule has 2 aliphatic heterocycles. The Morgan fingerprint density at radius 2 is 2.00 bits per heavy atom. The summed E-state index contributed by atoms with van der Waals surface area (Å²) < 4.78 is 10.7. The quantitative estimate of drug-likeness (QED) is 0.415. The van der Waals surface area contributed by atoms with E-state index in [9.17, 15) is 0 Å². The Labute approximate surface area is 61.6 Å². The molecule has 0 aromatic heterocycles. The second-order valence-corrected chi connectivity index (χ2v) is 4.13. The fraction of sp³-hybridized carbons (Fsp3) is 1.00. The van der Waals surface area contributed by atoms with Crippen LogP contribution in [0.15, 0.2) is 0 Å². The van der Waals surface area contributed by atoms with E-state index in [-0.39, 0.29) is 0 Å². The molecule has 50 valence electrons. The Hall–Kier alpha value is 0.400. The topological polar surface area (TPSA) is 25.1 Å². The van der Waals surface area contributed by atoms with E-state index in [0.29, 0.717) is 29.2 Å². The van der Waals surface area contributed by atoms with Crippen LogP contribution in [0.25, 0.3) is 0 Å². The average molecular weight is 191 g/mol. The van der Waals surface area contributed by atoms with Gasteiger partial charge in [0.15, 0.2) is 0 Å². The van der Waals surface area contributed by atoms with E-state index >= 15 is 0 Å². The monoisotopic (exact) mass is 190 g/mol. The van der Waals surface area contributed by atoms with E-state index in [4.69, 9.17) is 9.47 Å². The van der Waals surface area contributed by atoms with Crippen LogP contribution < -0.4 is 0 Å². The number of hydrogen-bond donors (Lipinski definition) is 0. The van der Waals surface area contributed by atoms with Crippen molar-refractivity contribution >= 4 is 15.9 Å². The Morgan fingerprint density at radius 1 is 1.11 bits per heavy atom. The molecule has 3 fully saturated rings. The zero-order valence-electron chi connectivity index (χ0n) is 4.79. The summed E-state index contributed by atoms with van der Waals surface area (Å²) in [6.45, 7) is 0. The summed E-state index contributed by atoms with van der Waals surface area (Å²) in [4.78, 5) is 0.561. The van der Waals surface area contributed by atoms with Gasteiger partial charge in [0.2, 0.25) is 0 Å². The fourth-order valence-corrected chi connectivity index (χ4v) is 2.48. The van der Waals surface area contributed by atoms with Crippen molar-refractivity contribution in [3.05, 3.63) is 0 Å². The number of rotatable bonds is 0. The standard InChI is InChI=1S/C6H7BrO2/c7-2-1-3-5(8-3)6-4(2)9-6/h2-6H,1H2. The van der Waals surface area contributed by atoms with E-state index in [0.717, 1.165) is 6.42 Å². The minimum atomic E-state index is 0.452. The van der Waals surface area contributed by atoms with Crippen molar-refractivity contribution in [3.8, 4) is 0 Å². The van der Waals surface area contributed by atoms with Crippen LogP contribution in [0.5, 0.6) is 0 Å². The number of hydrogen-bond acceptors (Lipinski definition) is 2. The van der Waals surface area contributed by atoms with Crippen LogP contribution in [0.3, 0.4) is 0 Å². The minimum Gasteiger partial charge on any atom is -0.367 e. The van der Waals surface area contributed by atoms with Crippen LogP contribution in [0.1, 0.15) is 6.42 Å². The lowest BCUT2D eigenvalue weighted by Crippen LogP contribution is -2.22. The number of ether oxygens (including phenoxy) is 2. The molecule has 0 aromatic rings. The van der Waals surface area contributed by atoms with E-state index in [2.05, 4.69) is 15.9 Å². The molecule has 2 heterocycles. The highest BCUT2D eigenvalue weighted by molar-refractivity contribution is 9.09. The lowest BCUT2D eigenvalue weighted by atomic mass is 10.0. The molecule has 1 saturated carbocycles. The molecule has 0 aromatic carbocycles. The van der Waals surface area contributed by atoms with Crippen molar-refractivity contribution < 1.29 is 9.47 Å². The fourth-order valence-electron chi connectivity index (χ4n) is 1.68.